The van der Waals surface area contributed by atoms with E-state index in [1.165, 1.54) is 0 Å². The van der Waals surface area contributed by atoms with Crippen LogP contribution >= 0.6 is 15.9 Å². The van der Waals surface area contributed by atoms with Crippen LogP contribution < -0.4 is 5.73 Å². The first kappa shape index (κ1) is 17.5. The van der Waals surface area contributed by atoms with Gasteiger partial charge in [-0.1, -0.05) is 26.7 Å². The van der Waals surface area contributed by atoms with Crippen LogP contribution in [0.2, 0.25) is 0 Å². The Morgan fingerprint density at radius 3 is 2.15 bits per heavy atom. The average Bonchev–Trinajstić information content (AvgIpc) is 2.41. The number of nitrogens with two attached hydrogens (primary N) is 1. The fourth-order valence-corrected chi connectivity index (χ4v) is 3.91. The lowest BCUT2D eigenvalue weighted by Gasteiger charge is -2.22. The van der Waals surface area contributed by atoms with E-state index >= 15 is 0 Å². The van der Waals surface area contributed by atoms with Crippen LogP contribution in [0.3, 0.4) is 0 Å². The number of rotatable bonds is 8. The van der Waals surface area contributed by atoms with Crippen LogP contribution in [0.4, 0.5) is 5.69 Å². The van der Waals surface area contributed by atoms with Crippen molar-refractivity contribution in [2.24, 2.45) is 0 Å². The van der Waals surface area contributed by atoms with E-state index < -0.39 is 10.0 Å². The molecule has 1 aromatic rings. The van der Waals surface area contributed by atoms with Gasteiger partial charge in [0.25, 0.3) is 0 Å². The smallest absolute Gasteiger partial charge is 0.243 e. The molecule has 0 spiro atoms. The van der Waals surface area contributed by atoms with E-state index in [4.69, 9.17) is 5.73 Å². The largest absolute Gasteiger partial charge is 0.398 e. The lowest BCUT2D eigenvalue weighted by molar-refractivity contribution is 0.395. The summed E-state index contributed by atoms with van der Waals surface area (Å²) in [6.07, 6.45) is 3.70. The number of hydrogen-bond donors (Lipinski definition) is 1. The molecule has 0 heterocycles. The number of nitrogen functional groups attached to an aromatic ring is 1. The van der Waals surface area contributed by atoms with Crippen LogP contribution in [0.1, 0.15) is 39.5 Å². The number of hydrogen-bond acceptors (Lipinski definition) is 3. The molecule has 0 fully saturated rings. The standard InChI is InChI=1S/C14H23BrN2O2S/c1-3-5-9-17(10-6-4-2)20(18,19)12-7-8-14(16)13(15)11-12/h7-8,11H,3-6,9-10,16H2,1-2H3. The Morgan fingerprint density at radius 2 is 1.70 bits per heavy atom. The third kappa shape index (κ3) is 4.46. The highest BCUT2D eigenvalue weighted by atomic mass is 79.9. The van der Waals surface area contributed by atoms with Gasteiger partial charge in [-0.25, -0.2) is 8.42 Å². The van der Waals surface area contributed by atoms with Crippen LogP contribution in [0, 0.1) is 0 Å². The third-order valence-electron chi connectivity index (χ3n) is 3.13. The minimum Gasteiger partial charge on any atom is -0.398 e. The van der Waals surface area contributed by atoms with Crippen LogP contribution in [0.25, 0.3) is 0 Å². The molecule has 0 aliphatic carbocycles. The molecule has 0 atom stereocenters. The summed E-state index contributed by atoms with van der Waals surface area (Å²) >= 11 is 3.28. The molecule has 0 amide bonds. The van der Waals surface area contributed by atoms with Crippen LogP contribution in [0.15, 0.2) is 27.6 Å². The van der Waals surface area contributed by atoms with Crippen molar-refractivity contribution in [3.05, 3.63) is 22.7 Å². The quantitative estimate of drug-likeness (QED) is 0.718. The van der Waals surface area contributed by atoms with E-state index in [9.17, 15) is 8.42 Å². The molecule has 0 aliphatic rings. The van der Waals surface area contributed by atoms with Crippen LogP contribution in [-0.4, -0.2) is 25.8 Å². The third-order valence-corrected chi connectivity index (χ3v) is 5.71. The van der Waals surface area contributed by atoms with E-state index in [0.717, 1.165) is 25.7 Å². The molecule has 0 unspecified atom stereocenters. The first-order valence-electron chi connectivity index (χ1n) is 6.98. The fraction of sp³-hybridized carbons (Fsp3) is 0.571. The Morgan fingerprint density at radius 1 is 1.15 bits per heavy atom. The maximum Gasteiger partial charge on any atom is 0.243 e. The molecule has 1 aromatic carbocycles. The lowest BCUT2D eigenvalue weighted by Crippen LogP contribution is -2.33. The van der Waals surface area contributed by atoms with Gasteiger partial charge in [0.1, 0.15) is 0 Å². The molecule has 114 valence electrons. The summed E-state index contributed by atoms with van der Waals surface area (Å²) in [6, 6.07) is 4.77. The molecular formula is C14H23BrN2O2S. The van der Waals surface area contributed by atoms with E-state index in [0.29, 0.717) is 28.1 Å². The van der Waals surface area contributed by atoms with E-state index in [1.54, 1.807) is 22.5 Å². The monoisotopic (exact) mass is 362 g/mol. The van der Waals surface area contributed by atoms with Crippen molar-refractivity contribution in [2.75, 3.05) is 18.8 Å². The zero-order valence-electron chi connectivity index (χ0n) is 12.1. The van der Waals surface area contributed by atoms with Crippen molar-refractivity contribution in [2.45, 2.75) is 44.4 Å². The lowest BCUT2D eigenvalue weighted by atomic mass is 10.3. The van der Waals surface area contributed by atoms with E-state index in [-0.39, 0.29) is 0 Å². The Labute approximate surface area is 130 Å². The van der Waals surface area contributed by atoms with Crippen molar-refractivity contribution in [1.82, 2.24) is 4.31 Å². The van der Waals surface area contributed by atoms with Gasteiger partial charge in [-0.15, -0.1) is 0 Å². The predicted molar refractivity (Wildman–Crippen MR) is 87.1 cm³/mol. The maximum atomic E-state index is 12.7. The summed E-state index contributed by atoms with van der Waals surface area (Å²) in [6.45, 7) is 5.26. The number of nitrogens with zero attached hydrogens (tertiary/aromatic N) is 1. The van der Waals surface area contributed by atoms with Gasteiger partial charge in [-0.2, -0.15) is 4.31 Å². The van der Waals surface area contributed by atoms with Gasteiger partial charge in [-0.05, 0) is 47.0 Å². The molecule has 0 bridgehead atoms. The second-order valence-corrected chi connectivity index (χ2v) is 7.59. The summed E-state index contributed by atoms with van der Waals surface area (Å²) in [4.78, 5) is 0.297. The second kappa shape index (κ2) is 8.00. The fourth-order valence-electron chi connectivity index (χ4n) is 1.84. The minimum atomic E-state index is -3.44. The Bertz CT molecular complexity index is 524. The number of benzene rings is 1. The van der Waals surface area contributed by atoms with E-state index in [1.807, 2.05) is 0 Å². The van der Waals surface area contributed by atoms with Gasteiger partial charge >= 0.3 is 0 Å². The van der Waals surface area contributed by atoms with Crippen LogP contribution in [0.5, 0.6) is 0 Å². The van der Waals surface area contributed by atoms with Crippen molar-refractivity contribution in [1.29, 1.82) is 0 Å². The summed E-state index contributed by atoms with van der Waals surface area (Å²) in [5, 5.41) is 0. The van der Waals surface area contributed by atoms with Gasteiger partial charge in [0.05, 0.1) is 4.90 Å². The molecule has 0 aliphatic heterocycles. The first-order chi connectivity index (χ1) is 9.43. The van der Waals surface area contributed by atoms with Gasteiger partial charge in [-0.3, -0.25) is 0 Å². The zero-order chi connectivity index (χ0) is 15.2. The number of sulfonamides is 1. The van der Waals surface area contributed by atoms with Gasteiger partial charge in [0.2, 0.25) is 10.0 Å². The highest BCUT2D eigenvalue weighted by Crippen LogP contribution is 2.25. The average molecular weight is 363 g/mol. The van der Waals surface area contributed by atoms with Crippen molar-refractivity contribution >= 4 is 31.6 Å². The van der Waals surface area contributed by atoms with Gasteiger partial charge in [0.15, 0.2) is 0 Å². The highest BCUT2D eigenvalue weighted by Gasteiger charge is 2.23. The molecule has 0 radical (unpaired) electrons. The Balaban J connectivity index is 3.03. The Kier molecular flexibility index (Phi) is 6.99. The van der Waals surface area contributed by atoms with Crippen LogP contribution in [-0.2, 0) is 10.0 Å². The summed E-state index contributed by atoms with van der Waals surface area (Å²) in [5.41, 5.74) is 6.25. The summed E-state index contributed by atoms with van der Waals surface area (Å²) in [7, 11) is -3.44. The number of unbranched alkanes of at least 4 members (excludes halogenated alkanes) is 2. The molecule has 0 saturated heterocycles. The molecule has 4 nitrogen and oxygen atoms in total. The summed E-state index contributed by atoms with van der Waals surface area (Å²) in [5.74, 6) is 0. The molecule has 6 heteroatoms. The maximum absolute atomic E-state index is 12.7. The molecule has 0 aromatic heterocycles. The predicted octanol–water partition coefficient (Wildman–Crippen LogP) is 3.62. The zero-order valence-corrected chi connectivity index (χ0v) is 14.5. The van der Waals surface area contributed by atoms with Gasteiger partial charge < -0.3 is 5.73 Å². The first-order valence-corrected chi connectivity index (χ1v) is 9.22. The van der Waals surface area contributed by atoms with Gasteiger partial charge in [0, 0.05) is 23.2 Å². The molecular weight excluding hydrogens is 340 g/mol. The molecule has 20 heavy (non-hydrogen) atoms. The normalized spacial score (nSPS) is 12.0. The van der Waals surface area contributed by atoms with Crippen molar-refractivity contribution in [3.8, 4) is 0 Å². The molecule has 0 saturated carbocycles. The molecule has 1 rings (SSSR count). The number of anilines is 1. The second-order valence-electron chi connectivity index (χ2n) is 4.79. The minimum absolute atomic E-state index is 0.297. The summed E-state index contributed by atoms with van der Waals surface area (Å²) < 4.78 is 27.5. The SMILES string of the molecule is CCCCN(CCCC)S(=O)(=O)c1ccc(N)c(Br)c1. The Hall–Kier alpha value is -0.590. The van der Waals surface area contributed by atoms with Crippen molar-refractivity contribution < 1.29 is 8.42 Å². The topological polar surface area (TPSA) is 63.4 Å². The molecule has 2 N–H and O–H groups in total. The number of halogens is 1. The van der Waals surface area contributed by atoms with Crippen molar-refractivity contribution in [3.63, 3.8) is 0 Å². The highest BCUT2D eigenvalue weighted by molar-refractivity contribution is 9.10. The van der Waals surface area contributed by atoms with E-state index in [2.05, 4.69) is 29.8 Å².